The quantitative estimate of drug-likeness (QED) is 0.352. The molecule has 0 aromatic rings. The standard InChI is InChI=1S/C29H62N8.2C2H6/c1-14-36(22-15-26(2,3)31-27(4,5)16-22)19-33(11)24(30-10)25-34(12)20-37(21-35(25)13)23-17-28(6,7)32-29(8,9)18-23;2*1-2/h22-25,30-32H,14-21H2,1-13H3;2*1-2H3. The van der Waals surface area contributed by atoms with Crippen LogP contribution in [0.4, 0.5) is 0 Å². The molecule has 0 radical (unpaired) electrons. The molecular formula is C33H74N8. The first-order valence-corrected chi connectivity index (χ1v) is 16.7. The maximum absolute atomic E-state index is 3.86. The van der Waals surface area contributed by atoms with Gasteiger partial charge in [0.05, 0.1) is 32.3 Å². The van der Waals surface area contributed by atoms with Crippen LogP contribution in [0, 0.1) is 0 Å². The minimum Gasteiger partial charge on any atom is -0.307 e. The van der Waals surface area contributed by atoms with Crippen molar-refractivity contribution in [1.29, 1.82) is 0 Å². The first-order valence-electron chi connectivity index (χ1n) is 16.7. The van der Waals surface area contributed by atoms with Crippen molar-refractivity contribution in [3.8, 4) is 0 Å². The van der Waals surface area contributed by atoms with E-state index in [1.54, 1.807) is 0 Å². The molecule has 3 saturated heterocycles. The van der Waals surface area contributed by atoms with Crippen molar-refractivity contribution in [2.45, 2.75) is 162 Å². The van der Waals surface area contributed by atoms with Crippen molar-refractivity contribution in [1.82, 2.24) is 40.4 Å². The van der Waals surface area contributed by atoms with Gasteiger partial charge in [0.1, 0.15) is 0 Å². The van der Waals surface area contributed by atoms with Crippen LogP contribution in [-0.4, -0.2) is 126 Å². The molecule has 3 aliphatic rings. The molecule has 41 heavy (non-hydrogen) atoms. The molecule has 3 rings (SSSR count). The average molecular weight is 583 g/mol. The van der Waals surface area contributed by atoms with Gasteiger partial charge < -0.3 is 16.0 Å². The normalized spacial score (nSPS) is 26.7. The second-order valence-electron chi connectivity index (χ2n) is 15.2. The average Bonchev–Trinajstić information content (AvgIpc) is 2.83. The molecule has 0 aliphatic carbocycles. The molecule has 3 aliphatic heterocycles. The number of piperidine rings is 2. The number of rotatable bonds is 8. The summed E-state index contributed by atoms with van der Waals surface area (Å²) in [7, 11) is 9.03. The van der Waals surface area contributed by atoms with E-state index in [1.165, 1.54) is 25.7 Å². The molecule has 1 unspecified atom stereocenters. The van der Waals surface area contributed by atoms with Crippen LogP contribution in [0.2, 0.25) is 0 Å². The molecule has 3 N–H and O–H groups in total. The highest BCUT2D eigenvalue weighted by Gasteiger charge is 2.44. The largest absolute Gasteiger partial charge is 0.307 e. The fourth-order valence-corrected chi connectivity index (χ4v) is 8.33. The van der Waals surface area contributed by atoms with E-state index in [0.29, 0.717) is 18.2 Å². The molecule has 0 spiro atoms. The highest BCUT2D eigenvalue weighted by Crippen LogP contribution is 2.34. The number of hydrogen-bond donors (Lipinski definition) is 3. The van der Waals surface area contributed by atoms with Gasteiger partial charge in [0.2, 0.25) is 0 Å². The number of hydrogen-bond acceptors (Lipinski definition) is 8. The van der Waals surface area contributed by atoms with Crippen LogP contribution < -0.4 is 16.0 Å². The van der Waals surface area contributed by atoms with Gasteiger partial charge in [0.15, 0.2) is 0 Å². The summed E-state index contributed by atoms with van der Waals surface area (Å²) in [6, 6.07) is 1.17. The van der Waals surface area contributed by atoms with Crippen LogP contribution in [0.1, 0.15) is 116 Å². The Morgan fingerprint density at radius 1 is 0.756 bits per heavy atom. The van der Waals surface area contributed by atoms with Crippen LogP contribution in [0.15, 0.2) is 0 Å². The van der Waals surface area contributed by atoms with Gasteiger partial charge in [0.25, 0.3) is 0 Å². The van der Waals surface area contributed by atoms with E-state index in [4.69, 9.17) is 0 Å². The Bertz CT molecular complexity index is 708. The molecule has 0 amide bonds. The van der Waals surface area contributed by atoms with Crippen molar-refractivity contribution < 1.29 is 0 Å². The van der Waals surface area contributed by atoms with Gasteiger partial charge in [-0.1, -0.05) is 34.6 Å². The van der Waals surface area contributed by atoms with E-state index in [1.807, 2.05) is 27.7 Å². The van der Waals surface area contributed by atoms with E-state index in [9.17, 15) is 0 Å². The summed E-state index contributed by atoms with van der Waals surface area (Å²) in [5.41, 5.74) is 0.642. The zero-order valence-corrected chi connectivity index (χ0v) is 30.7. The third kappa shape index (κ3) is 11.0. The molecule has 0 aromatic carbocycles. The molecule has 3 fully saturated rings. The fourth-order valence-electron chi connectivity index (χ4n) is 8.33. The zero-order chi connectivity index (χ0) is 32.0. The molecule has 8 heteroatoms. The molecule has 246 valence electrons. The second kappa shape index (κ2) is 15.6. The minimum absolute atomic E-state index is 0.159. The van der Waals surface area contributed by atoms with E-state index >= 15 is 0 Å². The van der Waals surface area contributed by atoms with Gasteiger partial charge in [-0.3, -0.25) is 24.5 Å². The number of nitrogens with one attached hydrogen (secondary N) is 3. The van der Waals surface area contributed by atoms with Crippen LogP contribution in [0.5, 0.6) is 0 Å². The first kappa shape index (κ1) is 38.7. The molecule has 8 nitrogen and oxygen atoms in total. The Kier molecular flexibility index (Phi) is 14.7. The maximum atomic E-state index is 3.86. The summed E-state index contributed by atoms with van der Waals surface area (Å²) >= 11 is 0. The van der Waals surface area contributed by atoms with Gasteiger partial charge in [-0.05, 0) is 116 Å². The van der Waals surface area contributed by atoms with Crippen molar-refractivity contribution in [2.24, 2.45) is 0 Å². The Hall–Kier alpha value is -0.320. The molecule has 0 bridgehead atoms. The summed E-state index contributed by atoms with van der Waals surface area (Å²) < 4.78 is 0. The lowest BCUT2D eigenvalue weighted by atomic mass is 9.79. The van der Waals surface area contributed by atoms with Crippen molar-refractivity contribution in [3.63, 3.8) is 0 Å². The SMILES string of the molecule is CC.CC.CCN(CN(C)C(NC)C1N(C)CN(C2CC(C)(C)NC(C)(C)C2)CN1C)C1CC(C)(C)NC(C)(C)C1. The monoisotopic (exact) mass is 583 g/mol. The molecule has 1 atom stereocenters. The molecular weight excluding hydrogens is 508 g/mol. The highest BCUT2D eigenvalue weighted by molar-refractivity contribution is 5.02. The summed E-state index contributed by atoms with van der Waals surface area (Å²) in [4.78, 5) is 13.0. The summed E-state index contributed by atoms with van der Waals surface area (Å²) in [6.45, 7) is 33.2. The molecule has 3 heterocycles. The number of nitrogens with zero attached hydrogens (tertiary/aromatic N) is 5. The van der Waals surface area contributed by atoms with Crippen LogP contribution >= 0.6 is 0 Å². The fraction of sp³-hybridized carbons (Fsp3) is 1.00. The summed E-state index contributed by atoms with van der Waals surface area (Å²) in [5, 5.41) is 11.4. The summed E-state index contributed by atoms with van der Waals surface area (Å²) in [5.74, 6) is 0. The third-order valence-electron chi connectivity index (χ3n) is 8.95. The lowest BCUT2D eigenvalue weighted by molar-refractivity contribution is -0.125. The number of likely N-dealkylation sites (N-methyl/N-ethyl adjacent to an activating group) is 4. The first-order chi connectivity index (χ1) is 18.9. The van der Waals surface area contributed by atoms with Crippen molar-refractivity contribution in [3.05, 3.63) is 0 Å². The van der Waals surface area contributed by atoms with Crippen molar-refractivity contribution >= 4 is 0 Å². The van der Waals surface area contributed by atoms with Gasteiger partial charge in [-0.15, -0.1) is 0 Å². The second-order valence-corrected chi connectivity index (χ2v) is 15.2. The van der Waals surface area contributed by atoms with Crippen LogP contribution in [0.25, 0.3) is 0 Å². The van der Waals surface area contributed by atoms with Crippen LogP contribution in [0.3, 0.4) is 0 Å². The van der Waals surface area contributed by atoms with Gasteiger partial charge in [0, 0.05) is 34.2 Å². The molecule has 0 aromatic heterocycles. The Morgan fingerprint density at radius 3 is 1.51 bits per heavy atom. The topological polar surface area (TPSA) is 52.3 Å². The van der Waals surface area contributed by atoms with E-state index < -0.39 is 0 Å². The smallest absolute Gasteiger partial charge is 0.0934 e. The third-order valence-corrected chi connectivity index (χ3v) is 8.95. The maximum Gasteiger partial charge on any atom is 0.0934 e. The van der Waals surface area contributed by atoms with E-state index in [2.05, 4.69) is 131 Å². The van der Waals surface area contributed by atoms with Gasteiger partial charge in [-0.25, -0.2) is 0 Å². The minimum atomic E-state index is 0.159. The van der Waals surface area contributed by atoms with E-state index in [-0.39, 0.29) is 28.3 Å². The molecule has 0 saturated carbocycles. The lowest BCUT2D eigenvalue weighted by Crippen LogP contribution is -2.71. The Morgan fingerprint density at radius 2 is 1.15 bits per heavy atom. The Labute approximate surface area is 257 Å². The summed E-state index contributed by atoms with van der Waals surface area (Å²) in [6.07, 6.45) is 5.30. The predicted molar refractivity (Wildman–Crippen MR) is 180 cm³/mol. The van der Waals surface area contributed by atoms with Gasteiger partial charge in [-0.2, -0.15) is 0 Å². The van der Waals surface area contributed by atoms with Gasteiger partial charge >= 0.3 is 0 Å². The Balaban J connectivity index is 0.00000201. The zero-order valence-electron chi connectivity index (χ0n) is 30.7. The lowest BCUT2D eigenvalue weighted by Gasteiger charge is -2.56. The highest BCUT2D eigenvalue weighted by atomic mass is 15.5. The van der Waals surface area contributed by atoms with E-state index in [0.717, 1.165) is 26.6 Å². The van der Waals surface area contributed by atoms with Crippen LogP contribution in [-0.2, 0) is 0 Å². The van der Waals surface area contributed by atoms with Crippen molar-refractivity contribution in [2.75, 3.05) is 54.7 Å². The predicted octanol–water partition coefficient (Wildman–Crippen LogP) is 4.83.